The zero-order valence-corrected chi connectivity index (χ0v) is 17.8. The summed E-state index contributed by atoms with van der Waals surface area (Å²) in [5.41, 5.74) is -0.346. The third-order valence-corrected chi connectivity index (χ3v) is 4.94. The number of ether oxygens (including phenoxy) is 1. The summed E-state index contributed by atoms with van der Waals surface area (Å²) in [4.78, 5) is 31.4. The van der Waals surface area contributed by atoms with Gasteiger partial charge in [-0.05, 0) is 38.1 Å². The molecule has 1 aromatic heterocycles. The fourth-order valence-corrected chi connectivity index (χ4v) is 3.14. The van der Waals surface area contributed by atoms with Crippen molar-refractivity contribution in [2.24, 2.45) is 5.92 Å². The molecule has 8 heteroatoms. The Kier molecular flexibility index (Phi) is 5.38. The van der Waals surface area contributed by atoms with Crippen LogP contribution in [0.5, 0.6) is 5.75 Å². The van der Waals surface area contributed by atoms with E-state index in [1.807, 2.05) is 46.8 Å². The second kappa shape index (κ2) is 7.50. The van der Waals surface area contributed by atoms with E-state index in [0.717, 1.165) is 5.69 Å². The van der Waals surface area contributed by atoms with Gasteiger partial charge >= 0.3 is 0 Å². The predicted molar refractivity (Wildman–Crippen MR) is 108 cm³/mol. The minimum absolute atomic E-state index is 0.0808. The molecule has 29 heavy (non-hydrogen) atoms. The van der Waals surface area contributed by atoms with Gasteiger partial charge in [0, 0.05) is 24.1 Å². The van der Waals surface area contributed by atoms with Crippen LogP contribution in [0.1, 0.15) is 52.8 Å². The zero-order chi connectivity index (χ0) is 21.4. The molecule has 0 bridgehead atoms. The summed E-state index contributed by atoms with van der Waals surface area (Å²) < 4.78 is 10.5. The van der Waals surface area contributed by atoms with Gasteiger partial charge in [-0.25, -0.2) is 0 Å². The zero-order valence-electron chi connectivity index (χ0n) is 17.8. The van der Waals surface area contributed by atoms with E-state index in [0.29, 0.717) is 24.0 Å². The summed E-state index contributed by atoms with van der Waals surface area (Å²) in [5, 5.41) is 7.01. The molecule has 156 valence electrons. The van der Waals surface area contributed by atoms with Crippen molar-refractivity contribution in [1.82, 2.24) is 15.5 Å². The average Bonchev–Trinajstić information content (AvgIpc) is 3.29. The van der Waals surface area contributed by atoms with Crippen LogP contribution in [-0.4, -0.2) is 35.6 Å². The third-order valence-electron chi connectivity index (χ3n) is 4.94. The monoisotopic (exact) mass is 400 g/mol. The summed E-state index contributed by atoms with van der Waals surface area (Å²) >= 11 is 0. The molecule has 0 aliphatic carbocycles. The fourth-order valence-electron chi connectivity index (χ4n) is 3.14. The number of benzene rings is 1. The lowest BCUT2D eigenvalue weighted by Crippen LogP contribution is -2.45. The van der Waals surface area contributed by atoms with Crippen LogP contribution < -0.4 is 15.0 Å². The topological polar surface area (TPSA) is 97.6 Å². The first-order valence-corrected chi connectivity index (χ1v) is 9.62. The lowest BCUT2D eigenvalue weighted by Gasteiger charge is -2.24. The quantitative estimate of drug-likeness (QED) is 0.829. The molecule has 2 aromatic rings. The van der Waals surface area contributed by atoms with Gasteiger partial charge in [0.25, 0.3) is 0 Å². The second-order valence-corrected chi connectivity index (χ2v) is 8.89. The third kappa shape index (κ3) is 4.41. The van der Waals surface area contributed by atoms with E-state index in [9.17, 15) is 9.59 Å². The van der Waals surface area contributed by atoms with Crippen molar-refractivity contribution in [3.63, 3.8) is 0 Å². The molecule has 1 atom stereocenters. The Morgan fingerprint density at radius 3 is 2.41 bits per heavy atom. The smallest absolute Gasteiger partial charge is 0.232 e. The van der Waals surface area contributed by atoms with Crippen LogP contribution in [0.2, 0.25) is 0 Å². The molecular weight excluding hydrogens is 372 g/mol. The fraction of sp³-hybridized carbons (Fsp3) is 0.524. The van der Waals surface area contributed by atoms with Crippen molar-refractivity contribution in [2.45, 2.75) is 52.0 Å². The molecule has 1 unspecified atom stereocenters. The summed E-state index contributed by atoms with van der Waals surface area (Å²) in [5.74, 6) is 0.900. The van der Waals surface area contributed by atoms with E-state index in [-0.39, 0.29) is 23.7 Å². The summed E-state index contributed by atoms with van der Waals surface area (Å²) in [6.07, 6.45) is 0.160. The molecule has 2 heterocycles. The SMILES string of the molecule is COc1ccc(N2CC(C(=O)NC(C)(C)c3noc(C(C)(C)C)n3)CC2=O)cc1. The number of carbonyl (C=O) groups is 2. The first-order chi connectivity index (χ1) is 13.5. The van der Waals surface area contributed by atoms with Crippen LogP contribution in [0.25, 0.3) is 0 Å². The van der Waals surface area contributed by atoms with Crippen molar-refractivity contribution in [1.29, 1.82) is 0 Å². The van der Waals surface area contributed by atoms with E-state index < -0.39 is 11.5 Å². The Hall–Kier alpha value is -2.90. The van der Waals surface area contributed by atoms with Crippen molar-refractivity contribution < 1.29 is 18.8 Å². The molecule has 1 fully saturated rings. The van der Waals surface area contributed by atoms with Gasteiger partial charge < -0.3 is 19.5 Å². The molecule has 1 saturated heterocycles. The van der Waals surface area contributed by atoms with Gasteiger partial charge in [-0.2, -0.15) is 4.98 Å². The molecule has 1 N–H and O–H groups in total. The Bertz CT molecular complexity index is 896. The van der Waals surface area contributed by atoms with Gasteiger partial charge in [-0.15, -0.1) is 0 Å². The first kappa shape index (κ1) is 20.8. The van der Waals surface area contributed by atoms with E-state index in [4.69, 9.17) is 9.26 Å². The molecule has 0 saturated carbocycles. The number of methoxy groups -OCH3 is 1. The highest BCUT2D eigenvalue weighted by atomic mass is 16.5. The number of hydrogen-bond donors (Lipinski definition) is 1. The van der Waals surface area contributed by atoms with Crippen LogP contribution in [-0.2, 0) is 20.5 Å². The lowest BCUT2D eigenvalue weighted by atomic mass is 9.96. The van der Waals surface area contributed by atoms with Gasteiger partial charge in [0.15, 0.2) is 5.82 Å². The minimum Gasteiger partial charge on any atom is -0.497 e. The number of amides is 2. The van der Waals surface area contributed by atoms with Crippen LogP contribution >= 0.6 is 0 Å². The number of nitrogens with one attached hydrogen (secondary N) is 1. The van der Waals surface area contributed by atoms with Gasteiger partial charge in [0.2, 0.25) is 17.7 Å². The molecular formula is C21H28N4O4. The first-order valence-electron chi connectivity index (χ1n) is 9.62. The Morgan fingerprint density at radius 1 is 1.21 bits per heavy atom. The Labute approximate surface area is 170 Å². The Morgan fingerprint density at radius 2 is 1.86 bits per heavy atom. The van der Waals surface area contributed by atoms with E-state index >= 15 is 0 Å². The highest BCUT2D eigenvalue weighted by Crippen LogP contribution is 2.28. The Balaban J connectivity index is 1.68. The summed E-state index contributed by atoms with van der Waals surface area (Å²) in [6.45, 7) is 9.91. The van der Waals surface area contributed by atoms with E-state index in [1.54, 1.807) is 24.1 Å². The minimum atomic E-state index is -0.819. The molecule has 0 spiro atoms. The van der Waals surface area contributed by atoms with Gasteiger partial charge in [0.1, 0.15) is 5.75 Å². The van der Waals surface area contributed by atoms with Crippen LogP contribution in [0.3, 0.4) is 0 Å². The second-order valence-electron chi connectivity index (χ2n) is 8.89. The number of aromatic nitrogens is 2. The molecule has 8 nitrogen and oxygen atoms in total. The van der Waals surface area contributed by atoms with Crippen LogP contribution in [0.4, 0.5) is 5.69 Å². The molecule has 3 rings (SSSR count). The number of rotatable bonds is 5. The normalized spacial score (nSPS) is 17.5. The van der Waals surface area contributed by atoms with Crippen LogP contribution in [0, 0.1) is 5.92 Å². The molecule has 0 radical (unpaired) electrons. The van der Waals surface area contributed by atoms with Crippen molar-refractivity contribution in [3.8, 4) is 5.75 Å². The van der Waals surface area contributed by atoms with E-state index in [1.165, 1.54) is 0 Å². The predicted octanol–water partition coefficient (Wildman–Crippen LogP) is 2.78. The maximum atomic E-state index is 12.9. The molecule has 1 aliphatic rings. The van der Waals surface area contributed by atoms with Gasteiger partial charge in [-0.1, -0.05) is 25.9 Å². The average molecular weight is 400 g/mol. The van der Waals surface area contributed by atoms with E-state index in [2.05, 4.69) is 15.5 Å². The standard InChI is InChI=1S/C21H28N4O4/c1-20(2,3)19-22-18(24-29-19)21(4,5)23-17(27)13-11-16(26)25(12-13)14-7-9-15(28-6)10-8-14/h7-10,13H,11-12H2,1-6H3,(H,23,27). The van der Waals surface area contributed by atoms with Crippen molar-refractivity contribution in [2.75, 3.05) is 18.6 Å². The number of anilines is 1. The summed E-state index contributed by atoms with van der Waals surface area (Å²) in [7, 11) is 1.59. The number of nitrogens with zero attached hydrogens (tertiary/aromatic N) is 3. The summed E-state index contributed by atoms with van der Waals surface area (Å²) in [6, 6.07) is 7.22. The number of carbonyl (C=O) groups excluding carboxylic acids is 2. The lowest BCUT2D eigenvalue weighted by molar-refractivity contribution is -0.127. The largest absolute Gasteiger partial charge is 0.497 e. The maximum Gasteiger partial charge on any atom is 0.232 e. The van der Waals surface area contributed by atoms with Gasteiger partial charge in [-0.3, -0.25) is 9.59 Å². The highest BCUT2D eigenvalue weighted by Gasteiger charge is 2.39. The van der Waals surface area contributed by atoms with Crippen molar-refractivity contribution >= 4 is 17.5 Å². The van der Waals surface area contributed by atoms with Crippen molar-refractivity contribution in [3.05, 3.63) is 36.0 Å². The molecule has 1 aromatic carbocycles. The highest BCUT2D eigenvalue weighted by molar-refractivity contribution is 6.00. The maximum absolute atomic E-state index is 12.9. The number of hydrogen-bond acceptors (Lipinski definition) is 6. The molecule has 1 aliphatic heterocycles. The molecule has 2 amide bonds. The van der Waals surface area contributed by atoms with Crippen LogP contribution in [0.15, 0.2) is 28.8 Å². The van der Waals surface area contributed by atoms with Gasteiger partial charge in [0.05, 0.1) is 18.6 Å².